The predicted octanol–water partition coefficient (Wildman–Crippen LogP) is 4.40. The molecule has 0 radical (unpaired) electrons. The first-order valence-electron chi connectivity index (χ1n) is 12.6. The zero-order chi connectivity index (χ0) is 26.1. The topological polar surface area (TPSA) is 97.2 Å². The van der Waals surface area contributed by atoms with Crippen LogP contribution in [0, 0.1) is 23.4 Å². The summed E-state index contributed by atoms with van der Waals surface area (Å²) in [6.45, 7) is 6.25. The van der Waals surface area contributed by atoms with E-state index in [1.165, 1.54) is 0 Å². The first kappa shape index (κ1) is 25.2. The Bertz CT molecular complexity index is 1260. The number of carbonyl (C=O) groups excluding carboxylic acids is 1. The number of hydrogen-bond acceptors (Lipinski definition) is 7. The Hall–Kier alpha value is -3.41. The fraction of sp³-hybridized carbons (Fsp3) is 0.520. The standard InChI is InChI=1S/C25H30F3N7O2/c1-14(2)30-24-29-13-20-22(33-24)35(25(31-20)32-21-18(27)11-16(26)12-19(21)28)17-5-3-15(4-6-17)23(36)34-7-9-37-10-8-34/h11-15,17H,3-10H2,1-2H3,(H,31,32)(H,29,30,33). The normalized spacial score (nSPS) is 20.4. The minimum atomic E-state index is -1.07. The number of amides is 1. The second kappa shape index (κ2) is 10.5. The van der Waals surface area contributed by atoms with Gasteiger partial charge in [-0.2, -0.15) is 4.98 Å². The highest BCUT2D eigenvalue weighted by molar-refractivity contribution is 5.79. The molecule has 9 nitrogen and oxygen atoms in total. The maximum Gasteiger partial charge on any atom is 0.225 e. The van der Waals surface area contributed by atoms with E-state index in [4.69, 9.17) is 4.74 Å². The van der Waals surface area contributed by atoms with E-state index >= 15 is 0 Å². The van der Waals surface area contributed by atoms with Gasteiger partial charge in [-0.25, -0.2) is 23.1 Å². The summed E-state index contributed by atoms with van der Waals surface area (Å²) in [6.07, 6.45) is 4.21. The van der Waals surface area contributed by atoms with Crippen molar-refractivity contribution in [3.05, 3.63) is 35.8 Å². The molecule has 1 saturated carbocycles. The molecule has 37 heavy (non-hydrogen) atoms. The lowest BCUT2D eigenvalue weighted by Crippen LogP contribution is -2.44. The third-order valence-electron chi connectivity index (χ3n) is 6.83. The van der Waals surface area contributed by atoms with Crippen LogP contribution >= 0.6 is 0 Å². The Morgan fingerprint density at radius 2 is 1.73 bits per heavy atom. The molecule has 12 heteroatoms. The van der Waals surface area contributed by atoms with Gasteiger partial charge in [0.2, 0.25) is 17.8 Å². The second-order valence-corrected chi connectivity index (χ2v) is 9.82. The predicted molar refractivity (Wildman–Crippen MR) is 132 cm³/mol. The minimum Gasteiger partial charge on any atom is -0.378 e. The monoisotopic (exact) mass is 517 g/mol. The van der Waals surface area contributed by atoms with Gasteiger partial charge in [0.1, 0.15) is 17.0 Å². The number of aromatic nitrogens is 4. The minimum absolute atomic E-state index is 0.0830. The maximum atomic E-state index is 14.5. The van der Waals surface area contributed by atoms with Crippen molar-refractivity contribution in [2.75, 3.05) is 36.9 Å². The number of nitrogens with one attached hydrogen (secondary N) is 2. The van der Waals surface area contributed by atoms with E-state index in [9.17, 15) is 18.0 Å². The highest BCUT2D eigenvalue weighted by Crippen LogP contribution is 2.38. The molecule has 1 aromatic carbocycles. The number of benzene rings is 1. The number of carbonyl (C=O) groups is 1. The summed E-state index contributed by atoms with van der Waals surface area (Å²) in [4.78, 5) is 28.3. The number of rotatable bonds is 6. The smallest absolute Gasteiger partial charge is 0.225 e. The van der Waals surface area contributed by atoms with E-state index in [2.05, 4.69) is 25.6 Å². The van der Waals surface area contributed by atoms with Crippen molar-refractivity contribution < 1.29 is 22.7 Å². The molecule has 0 spiro atoms. The molecule has 2 fully saturated rings. The average Bonchev–Trinajstić information content (AvgIpc) is 3.23. The lowest BCUT2D eigenvalue weighted by molar-refractivity contribution is -0.140. The highest BCUT2D eigenvalue weighted by Gasteiger charge is 2.33. The van der Waals surface area contributed by atoms with Crippen LogP contribution in [0.3, 0.4) is 0 Å². The van der Waals surface area contributed by atoms with Gasteiger partial charge in [-0.15, -0.1) is 0 Å². The molecular formula is C25H30F3N7O2. The van der Waals surface area contributed by atoms with Crippen LogP contribution in [0.1, 0.15) is 45.6 Å². The summed E-state index contributed by atoms with van der Waals surface area (Å²) in [6, 6.07) is 1.21. The van der Waals surface area contributed by atoms with Gasteiger partial charge in [-0.3, -0.25) is 9.36 Å². The maximum absolute atomic E-state index is 14.5. The van der Waals surface area contributed by atoms with Crippen molar-refractivity contribution in [1.29, 1.82) is 0 Å². The van der Waals surface area contributed by atoms with Crippen LogP contribution in [0.2, 0.25) is 0 Å². The number of hydrogen-bond donors (Lipinski definition) is 2. The molecule has 0 atom stereocenters. The van der Waals surface area contributed by atoms with Gasteiger partial charge in [-0.05, 0) is 39.5 Å². The molecule has 2 aromatic heterocycles. The number of ether oxygens (including phenoxy) is 1. The molecule has 3 aromatic rings. The molecule has 198 valence electrons. The van der Waals surface area contributed by atoms with Gasteiger partial charge >= 0.3 is 0 Å². The Morgan fingerprint density at radius 3 is 2.38 bits per heavy atom. The number of fused-ring (bicyclic) bond motifs is 1. The van der Waals surface area contributed by atoms with Gasteiger partial charge in [-0.1, -0.05) is 0 Å². The van der Waals surface area contributed by atoms with Crippen molar-refractivity contribution in [3.63, 3.8) is 0 Å². The van der Waals surface area contributed by atoms with Crippen LogP contribution in [0.15, 0.2) is 18.3 Å². The zero-order valence-corrected chi connectivity index (χ0v) is 20.8. The van der Waals surface area contributed by atoms with Crippen LogP contribution in [-0.2, 0) is 9.53 Å². The van der Waals surface area contributed by atoms with Crippen molar-refractivity contribution in [1.82, 2.24) is 24.4 Å². The molecule has 1 aliphatic carbocycles. The fourth-order valence-electron chi connectivity index (χ4n) is 5.05. The van der Waals surface area contributed by atoms with E-state index in [0.29, 0.717) is 81.2 Å². The summed E-state index contributed by atoms with van der Waals surface area (Å²) < 4.78 is 49.6. The van der Waals surface area contributed by atoms with E-state index in [1.54, 1.807) is 6.20 Å². The summed E-state index contributed by atoms with van der Waals surface area (Å²) in [5.41, 5.74) is 0.459. The van der Waals surface area contributed by atoms with Crippen molar-refractivity contribution >= 4 is 34.7 Å². The Balaban J connectivity index is 1.45. The number of nitrogens with zero attached hydrogens (tertiary/aromatic N) is 5. The first-order valence-corrected chi connectivity index (χ1v) is 12.6. The van der Waals surface area contributed by atoms with Crippen LogP contribution in [0.5, 0.6) is 0 Å². The number of halogens is 3. The van der Waals surface area contributed by atoms with Crippen molar-refractivity contribution in [2.24, 2.45) is 5.92 Å². The quantitative estimate of drug-likeness (QED) is 0.500. The molecule has 2 N–H and O–H groups in total. The van der Waals surface area contributed by atoms with E-state index < -0.39 is 23.1 Å². The number of imidazole rings is 1. The molecule has 0 unspecified atom stereocenters. The first-order chi connectivity index (χ1) is 17.8. The van der Waals surface area contributed by atoms with E-state index in [-0.39, 0.29) is 29.9 Å². The molecule has 1 saturated heterocycles. The number of morpholine rings is 1. The van der Waals surface area contributed by atoms with Gasteiger partial charge < -0.3 is 20.3 Å². The second-order valence-electron chi connectivity index (χ2n) is 9.82. The van der Waals surface area contributed by atoms with Crippen LogP contribution in [-0.4, -0.2) is 62.7 Å². The summed E-state index contributed by atoms with van der Waals surface area (Å²) in [5, 5.41) is 5.89. The van der Waals surface area contributed by atoms with Crippen LogP contribution < -0.4 is 10.6 Å². The van der Waals surface area contributed by atoms with Crippen LogP contribution in [0.4, 0.5) is 30.8 Å². The Kier molecular flexibility index (Phi) is 7.18. The lowest BCUT2D eigenvalue weighted by Gasteiger charge is -2.34. The lowest BCUT2D eigenvalue weighted by atomic mass is 9.85. The Morgan fingerprint density at radius 1 is 1.05 bits per heavy atom. The Labute approximate surface area is 212 Å². The third kappa shape index (κ3) is 5.34. The molecule has 3 heterocycles. The molecule has 2 aliphatic rings. The largest absolute Gasteiger partial charge is 0.378 e. The number of anilines is 3. The summed E-state index contributed by atoms with van der Waals surface area (Å²) >= 11 is 0. The van der Waals surface area contributed by atoms with Crippen molar-refractivity contribution in [3.8, 4) is 0 Å². The molecule has 1 amide bonds. The highest BCUT2D eigenvalue weighted by atomic mass is 19.1. The zero-order valence-electron chi connectivity index (χ0n) is 20.8. The SMILES string of the molecule is CC(C)Nc1ncc2nc(Nc3c(F)cc(F)cc3F)n(C3CCC(C(=O)N4CCOCC4)CC3)c2n1. The molecule has 1 aliphatic heterocycles. The molecule has 0 bridgehead atoms. The van der Waals surface area contributed by atoms with Gasteiger partial charge in [0.05, 0.1) is 19.4 Å². The van der Waals surface area contributed by atoms with E-state index in [1.807, 2.05) is 23.3 Å². The molecular weight excluding hydrogens is 487 g/mol. The average molecular weight is 518 g/mol. The fourth-order valence-corrected chi connectivity index (χ4v) is 5.05. The van der Waals surface area contributed by atoms with Gasteiger partial charge in [0.15, 0.2) is 17.3 Å². The third-order valence-corrected chi connectivity index (χ3v) is 6.83. The van der Waals surface area contributed by atoms with Gasteiger partial charge in [0, 0.05) is 43.2 Å². The van der Waals surface area contributed by atoms with Gasteiger partial charge in [0.25, 0.3) is 0 Å². The summed E-state index contributed by atoms with van der Waals surface area (Å²) in [5.74, 6) is -2.48. The van der Waals surface area contributed by atoms with E-state index in [0.717, 1.165) is 0 Å². The van der Waals surface area contributed by atoms with Crippen molar-refractivity contribution in [2.45, 2.75) is 51.6 Å². The van der Waals surface area contributed by atoms with Crippen LogP contribution in [0.25, 0.3) is 11.2 Å². The summed E-state index contributed by atoms with van der Waals surface area (Å²) in [7, 11) is 0. The molecule has 5 rings (SSSR count).